The maximum absolute atomic E-state index is 5.79. The monoisotopic (exact) mass is 172 g/mol. The first kappa shape index (κ1) is 7.92. The lowest BCUT2D eigenvalue weighted by Gasteiger charge is -2.04. The second-order valence-electron chi connectivity index (χ2n) is 3.32. The van der Waals surface area contributed by atoms with E-state index < -0.39 is 0 Å². The van der Waals surface area contributed by atoms with Crippen LogP contribution in [0.3, 0.4) is 0 Å². The van der Waals surface area contributed by atoms with Gasteiger partial charge in [-0.25, -0.2) is 0 Å². The van der Waals surface area contributed by atoms with Gasteiger partial charge in [0.2, 0.25) is 0 Å². The molecule has 0 atom stereocenters. The fourth-order valence-electron chi connectivity index (χ4n) is 1.45. The van der Waals surface area contributed by atoms with E-state index in [1.54, 1.807) is 0 Å². The van der Waals surface area contributed by atoms with E-state index in [2.05, 4.69) is 6.07 Å². The third kappa shape index (κ3) is 1.31. The van der Waals surface area contributed by atoms with Gasteiger partial charge in [-0.2, -0.15) is 0 Å². The number of aryl methyl sites for hydroxylation is 1. The lowest BCUT2D eigenvalue weighted by atomic mass is 10.1. The lowest BCUT2D eigenvalue weighted by Crippen LogP contribution is -1.90. The fourth-order valence-corrected chi connectivity index (χ4v) is 1.45. The highest BCUT2D eigenvalue weighted by molar-refractivity contribution is 5.89. The van der Waals surface area contributed by atoms with Gasteiger partial charge in [-0.05, 0) is 47.5 Å². The Labute approximate surface area is 77.2 Å². The molecular formula is C11H12N2. The van der Waals surface area contributed by atoms with Crippen molar-refractivity contribution in [1.82, 2.24) is 0 Å². The molecule has 0 fully saturated rings. The molecule has 0 aliphatic carbocycles. The van der Waals surface area contributed by atoms with Crippen LogP contribution in [-0.2, 0) is 0 Å². The molecule has 4 N–H and O–H groups in total. The van der Waals surface area contributed by atoms with Gasteiger partial charge < -0.3 is 11.5 Å². The summed E-state index contributed by atoms with van der Waals surface area (Å²) in [5.41, 5.74) is 14.2. The summed E-state index contributed by atoms with van der Waals surface area (Å²) in [4.78, 5) is 0. The second kappa shape index (κ2) is 2.66. The maximum Gasteiger partial charge on any atom is 0.0350 e. The Morgan fingerprint density at radius 3 is 2.46 bits per heavy atom. The highest BCUT2D eigenvalue weighted by atomic mass is 14.6. The van der Waals surface area contributed by atoms with Crippen LogP contribution in [0.4, 0.5) is 11.4 Å². The number of rotatable bonds is 0. The van der Waals surface area contributed by atoms with Crippen molar-refractivity contribution >= 4 is 22.1 Å². The Kier molecular flexibility index (Phi) is 1.62. The summed E-state index contributed by atoms with van der Waals surface area (Å²) >= 11 is 0. The first-order chi connectivity index (χ1) is 6.16. The predicted octanol–water partition coefficient (Wildman–Crippen LogP) is 2.31. The van der Waals surface area contributed by atoms with E-state index in [-0.39, 0.29) is 0 Å². The van der Waals surface area contributed by atoms with Gasteiger partial charge in [0.25, 0.3) is 0 Å². The van der Waals surface area contributed by atoms with E-state index in [0.29, 0.717) is 0 Å². The molecule has 2 heteroatoms. The summed E-state index contributed by atoms with van der Waals surface area (Å²) in [7, 11) is 0. The van der Waals surface area contributed by atoms with Crippen LogP contribution in [-0.4, -0.2) is 0 Å². The first-order valence-corrected chi connectivity index (χ1v) is 4.22. The van der Waals surface area contributed by atoms with Crippen LogP contribution in [0.5, 0.6) is 0 Å². The molecule has 2 aromatic carbocycles. The Balaban J connectivity index is 2.81. The van der Waals surface area contributed by atoms with Crippen LogP contribution in [0.15, 0.2) is 30.3 Å². The molecule has 0 radical (unpaired) electrons. The normalized spacial score (nSPS) is 10.5. The van der Waals surface area contributed by atoms with E-state index in [9.17, 15) is 0 Å². The molecule has 0 aromatic heterocycles. The number of hydrogen-bond donors (Lipinski definition) is 2. The minimum atomic E-state index is 0.789. The Hall–Kier alpha value is -1.70. The maximum atomic E-state index is 5.79. The van der Waals surface area contributed by atoms with E-state index >= 15 is 0 Å². The first-order valence-electron chi connectivity index (χ1n) is 4.22. The van der Waals surface area contributed by atoms with Gasteiger partial charge >= 0.3 is 0 Å². The van der Waals surface area contributed by atoms with Gasteiger partial charge in [0.05, 0.1) is 0 Å². The highest BCUT2D eigenvalue weighted by Gasteiger charge is 1.97. The quantitative estimate of drug-likeness (QED) is 0.599. The smallest absolute Gasteiger partial charge is 0.0350 e. The third-order valence-corrected chi connectivity index (χ3v) is 2.25. The SMILES string of the molecule is Cc1cc2cc(N)ccc2cc1N. The zero-order valence-corrected chi connectivity index (χ0v) is 7.54. The molecule has 0 saturated heterocycles. The summed E-state index contributed by atoms with van der Waals surface area (Å²) in [6.07, 6.45) is 0. The molecule has 0 aliphatic rings. The Morgan fingerprint density at radius 2 is 1.69 bits per heavy atom. The second-order valence-corrected chi connectivity index (χ2v) is 3.32. The molecule has 0 unspecified atom stereocenters. The van der Waals surface area contributed by atoms with Crippen molar-refractivity contribution in [1.29, 1.82) is 0 Å². The van der Waals surface area contributed by atoms with Crippen molar-refractivity contribution in [3.05, 3.63) is 35.9 Å². The highest BCUT2D eigenvalue weighted by Crippen LogP contribution is 2.22. The van der Waals surface area contributed by atoms with Crippen molar-refractivity contribution < 1.29 is 0 Å². The molecule has 66 valence electrons. The van der Waals surface area contributed by atoms with Gasteiger partial charge in [-0.15, -0.1) is 0 Å². The Morgan fingerprint density at radius 1 is 0.923 bits per heavy atom. The average Bonchev–Trinajstić information content (AvgIpc) is 2.08. The zero-order valence-electron chi connectivity index (χ0n) is 7.54. The van der Waals surface area contributed by atoms with Crippen LogP contribution >= 0.6 is 0 Å². The van der Waals surface area contributed by atoms with Gasteiger partial charge in [0, 0.05) is 11.4 Å². The minimum Gasteiger partial charge on any atom is -0.399 e. The zero-order chi connectivity index (χ0) is 9.42. The summed E-state index contributed by atoms with van der Waals surface area (Å²) in [6, 6.07) is 9.87. The lowest BCUT2D eigenvalue weighted by molar-refractivity contribution is 1.50. The van der Waals surface area contributed by atoms with Crippen molar-refractivity contribution in [3.63, 3.8) is 0 Å². The van der Waals surface area contributed by atoms with Crippen LogP contribution in [0.1, 0.15) is 5.56 Å². The van der Waals surface area contributed by atoms with Gasteiger partial charge in [0.1, 0.15) is 0 Å². The molecular weight excluding hydrogens is 160 g/mol. The molecule has 0 amide bonds. The molecule has 2 rings (SSSR count). The molecule has 0 spiro atoms. The molecule has 2 aromatic rings. The number of nitrogen functional groups attached to an aromatic ring is 2. The van der Waals surface area contributed by atoms with Crippen LogP contribution in [0, 0.1) is 6.92 Å². The largest absolute Gasteiger partial charge is 0.399 e. The topological polar surface area (TPSA) is 52.0 Å². The van der Waals surface area contributed by atoms with Gasteiger partial charge in [-0.1, -0.05) is 6.07 Å². The minimum absolute atomic E-state index is 0.789. The number of hydrogen-bond acceptors (Lipinski definition) is 2. The Bertz CT molecular complexity index is 461. The van der Waals surface area contributed by atoms with Crippen LogP contribution in [0.2, 0.25) is 0 Å². The van der Waals surface area contributed by atoms with E-state index in [0.717, 1.165) is 27.7 Å². The number of anilines is 2. The molecule has 0 bridgehead atoms. The molecule has 13 heavy (non-hydrogen) atoms. The van der Waals surface area contributed by atoms with Crippen molar-refractivity contribution in [2.45, 2.75) is 6.92 Å². The summed E-state index contributed by atoms with van der Waals surface area (Å²) in [6.45, 7) is 2.00. The molecule has 2 nitrogen and oxygen atoms in total. The van der Waals surface area contributed by atoms with Gasteiger partial charge in [0.15, 0.2) is 0 Å². The van der Waals surface area contributed by atoms with Crippen molar-refractivity contribution in [3.8, 4) is 0 Å². The average molecular weight is 172 g/mol. The van der Waals surface area contributed by atoms with Crippen molar-refractivity contribution in [2.75, 3.05) is 11.5 Å². The summed E-state index contributed by atoms with van der Waals surface area (Å²) in [5.74, 6) is 0. The van der Waals surface area contributed by atoms with Gasteiger partial charge in [-0.3, -0.25) is 0 Å². The molecule has 0 heterocycles. The van der Waals surface area contributed by atoms with E-state index in [1.807, 2.05) is 31.2 Å². The standard InChI is InChI=1S/C11H12N2/c1-7-4-9-5-10(12)3-2-8(9)6-11(7)13/h2-6H,12-13H2,1H3. The van der Waals surface area contributed by atoms with E-state index in [4.69, 9.17) is 11.5 Å². The molecule has 0 saturated carbocycles. The van der Waals surface area contributed by atoms with E-state index in [1.165, 1.54) is 0 Å². The van der Waals surface area contributed by atoms with Crippen molar-refractivity contribution in [2.24, 2.45) is 0 Å². The number of nitrogens with two attached hydrogens (primary N) is 2. The number of fused-ring (bicyclic) bond motifs is 1. The fraction of sp³-hybridized carbons (Fsp3) is 0.0909. The van der Waals surface area contributed by atoms with Crippen LogP contribution in [0.25, 0.3) is 10.8 Å². The summed E-state index contributed by atoms with van der Waals surface area (Å²) in [5, 5.41) is 2.28. The number of benzene rings is 2. The third-order valence-electron chi connectivity index (χ3n) is 2.25. The van der Waals surface area contributed by atoms with Crippen LogP contribution < -0.4 is 11.5 Å². The molecule has 0 aliphatic heterocycles. The predicted molar refractivity (Wildman–Crippen MR) is 57.5 cm³/mol. The summed E-state index contributed by atoms with van der Waals surface area (Å²) < 4.78 is 0.